The molecule has 0 aliphatic heterocycles. The summed E-state index contributed by atoms with van der Waals surface area (Å²) in [6.07, 6.45) is 55.7. The van der Waals surface area contributed by atoms with Crippen molar-refractivity contribution in [2.75, 3.05) is 19.8 Å². The lowest BCUT2D eigenvalue weighted by Crippen LogP contribution is -2.30. The molecule has 0 aliphatic carbocycles. The Morgan fingerprint density at radius 3 is 1.29 bits per heavy atom. The van der Waals surface area contributed by atoms with E-state index in [0.29, 0.717) is 19.4 Å². The molecule has 0 aromatic rings. The van der Waals surface area contributed by atoms with Gasteiger partial charge >= 0.3 is 11.9 Å². The van der Waals surface area contributed by atoms with Crippen molar-refractivity contribution in [3.8, 4) is 0 Å². The smallest absolute Gasteiger partial charge is 0.306 e. The summed E-state index contributed by atoms with van der Waals surface area (Å²) in [5.74, 6) is -0.414. The number of carbonyl (C=O) groups is 2. The van der Waals surface area contributed by atoms with E-state index in [0.717, 1.165) is 64.2 Å². The van der Waals surface area contributed by atoms with Gasteiger partial charge in [-0.05, 0) is 70.6 Å². The number of allylic oxidation sites excluding steroid dienone is 6. The van der Waals surface area contributed by atoms with Crippen molar-refractivity contribution in [3.05, 3.63) is 36.5 Å². The maximum Gasteiger partial charge on any atom is 0.306 e. The minimum atomic E-state index is -0.540. The number of carbonyl (C=O) groups excluding carboxylic acids is 2. The van der Waals surface area contributed by atoms with Gasteiger partial charge in [0, 0.05) is 19.4 Å². The van der Waals surface area contributed by atoms with Crippen LogP contribution in [0.15, 0.2) is 36.5 Å². The highest BCUT2D eigenvalue weighted by Crippen LogP contribution is 2.15. The number of hydrogen-bond acceptors (Lipinski definition) is 5. The van der Waals surface area contributed by atoms with Crippen LogP contribution < -0.4 is 0 Å². The summed E-state index contributed by atoms with van der Waals surface area (Å²) < 4.78 is 17.4. The summed E-state index contributed by atoms with van der Waals surface area (Å²) in [4.78, 5) is 25.3. The molecule has 0 saturated heterocycles. The van der Waals surface area contributed by atoms with E-state index in [1.165, 1.54) is 154 Å². The van der Waals surface area contributed by atoms with Gasteiger partial charge in [-0.2, -0.15) is 0 Å². The Hall–Kier alpha value is -1.88. The van der Waals surface area contributed by atoms with E-state index in [4.69, 9.17) is 14.2 Å². The van der Waals surface area contributed by atoms with Crippen molar-refractivity contribution in [2.24, 2.45) is 0 Å². The molecule has 0 aliphatic rings. The van der Waals surface area contributed by atoms with Crippen LogP contribution in [-0.2, 0) is 23.8 Å². The monoisotopic (exact) mass is 787 g/mol. The van der Waals surface area contributed by atoms with Crippen LogP contribution in [0.5, 0.6) is 0 Å². The van der Waals surface area contributed by atoms with Crippen LogP contribution in [-0.4, -0.2) is 37.9 Å². The Morgan fingerprint density at radius 2 is 0.786 bits per heavy atom. The highest BCUT2D eigenvalue weighted by Gasteiger charge is 2.17. The first-order valence-corrected chi connectivity index (χ1v) is 24.5. The third-order valence-corrected chi connectivity index (χ3v) is 10.6. The van der Waals surface area contributed by atoms with Gasteiger partial charge < -0.3 is 14.2 Å². The van der Waals surface area contributed by atoms with Gasteiger partial charge in [0.2, 0.25) is 0 Å². The number of esters is 2. The van der Waals surface area contributed by atoms with Crippen LogP contribution in [0.25, 0.3) is 0 Å². The second-order valence-electron chi connectivity index (χ2n) is 16.4. The van der Waals surface area contributed by atoms with Crippen LogP contribution in [0.4, 0.5) is 0 Å². The summed E-state index contributed by atoms with van der Waals surface area (Å²) in [6, 6.07) is 0. The van der Waals surface area contributed by atoms with Crippen molar-refractivity contribution >= 4 is 11.9 Å². The van der Waals surface area contributed by atoms with Crippen LogP contribution >= 0.6 is 0 Å². The Balaban J connectivity index is 4.26. The van der Waals surface area contributed by atoms with Crippen molar-refractivity contribution in [3.63, 3.8) is 0 Å². The Kier molecular flexibility index (Phi) is 45.9. The van der Waals surface area contributed by atoms with Crippen molar-refractivity contribution in [1.82, 2.24) is 0 Å². The van der Waals surface area contributed by atoms with E-state index in [9.17, 15) is 9.59 Å². The molecule has 1 atom stereocenters. The Labute approximate surface area is 349 Å². The first kappa shape index (κ1) is 54.1. The second-order valence-corrected chi connectivity index (χ2v) is 16.4. The zero-order valence-corrected chi connectivity index (χ0v) is 37.7. The van der Waals surface area contributed by atoms with Gasteiger partial charge in [-0.15, -0.1) is 0 Å². The van der Waals surface area contributed by atoms with E-state index < -0.39 is 6.10 Å². The van der Waals surface area contributed by atoms with Crippen molar-refractivity contribution in [1.29, 1.82) is 0 Å². The second kappa shape index (κ2) is 47.5. The maximum absolute atomic E-state index is 12.7. The van der Waals surface area contributed by atoms with E-state index in [2.05, 4.69) is 57.2 Å². The van der Waals surface area contributed by atoms with Crippen LogP contribution in [0.1, 0.15) is 252 Å². The lowest BCUT2D eigenvalue weighted by molar-refractivity contribution is -0.163. The first-order valence-electron chi connectivity index (χ1n) is 24.5. The topological polar surface area (TPSA) is 61.8 Å². The van der Waals surface area contributed by atoms with Gasteiger partial charge in [0.1, 0.15) is 6.61 Å². The lowest BCUT2D eigenvalue weighted by atomic mass is 10.0. The number of hydrogen-bond donors (Lipinski definition) is 0. The average Bonchev–Trinajstić information content (AvgIpc) is 3.20. The van der Waals surface area contributed by atoms with Gasteiger partial charge in [0.25, 0.3) is 0 Å². The predicted molar refractivity (Wildman–Crippen MR) is 242 cm³/mol. The van der Waals surface area contributed by atoms with Crippen molar-refractivity contribution in [2.45, 2.75) is 258 Å². The zero-order valence-electron chi connectivity index (χ0n) is 37.7. The minimum Gasteiger partial charge on any atom is -0.462 e. The predicted octanol–water partition coefficient (Wildman–Crippen LogP) is 16.2. The molecule has 0 aromatic heterocycles. The number of ether oxygens (including phenoxy) is 3. The molecule has 0 amide bonds. The molecular weight excluding hydrogens is 693 g/mol. The molecule has 0 heterocycles. The van der Waals surface area contributed by atoms with Gasteiger partial charge in [0.15, 0.2) is 6.10 Å². The maximum atomic E-state index is 12.7. The fourth-order valence-electron chi connectivity index (χ4n) is 6.95. The Morgan fingerprint density at radius 1 is 0.393 bits per heavy atom. The fraction of sp³-hybridized carbons (Fsp3) is 0.843. The molecule has 56 heavy (non-hydrogen) atoms. The largest absolute Gasteiger partial charge is 0.462 e. The summed E-state index contributed by atoms with van der Waals surface area (Å²) >= 11 is 0. The van der Waals surface area contributed by atoms with E-state index >= 15 is 0 Å². The normalized spacial score (nSPS) is 12.4. The summed E-state index contributed by atoms with van der Waals surface area (Å²) in [7, 11) is 0. The molecule has 0 bridgehead atoms. The molecule has 0 saturated carbocycles. The van der Waals surface area contributed by atoms with E-state index in [1.54, 1.807) is 0 Å². The van der Waals surface area contributed by atoms with Crippen LogP contribution in [0, 0.1) is 0 Å². The van der Waals surface area contributed by atoms with Crippen LogP contribution in [0.3, 0.4) is 0 Å². The number of unbranched alkanes of at least 4 members (excludes halogenated alkanes) is 28. The molecule has 0 N–H and O–H groups in total. The van der Waals surface area contributed by atoms with Crippen molar-refractivity contribution < 1.29 is 23.8 Å². The minimum absolute atomic E-state index is 0.0788. The third-order valence-electron chi connectivity index (χ3n) is 10.6. The molecule has 0 aromatic carbocycles. The molecule has 328 valence electrons. The third kappa shape index (κ3) is 44.8. The van der Waals surface area contributed by atoms with Gasteiger partial charge in [-0.3, -0.25) is 9.59 Å². The van der Waals surface area contributed by atoms with Crippen LogP contribution in [0.2, 0.25) is 0 Å². The standard InChI is InChI=1S/C51H94O5/c1-4-7-10-13-16-19-22-25-28-31-34-37-40-43-46-54-47-49(56-51(53)45-42-39-36-33-30-27-24-21-18-15-12-9-6-3)48-55-50(52)44-41-38-35-32-29-26-23-20-17-14-11-8-5-2/h11,14,20-21,23-24,49H,4-10,12-13,15-19,22,25-48H2,1-3H3/b14-11-,23-20-,24-21-. The summed E-state index contributed by atoms with van der Waals surface area (Å²) in [6.45, 7) is 7.76. The van der Waals surface area contributed by atoms with Gasteiger partial charge in [-0.1, -0.05) is 205 Å². The summed E-state index contributed by atoms with van der Waals surface area (Å²) in [5, 5.41) is 0. The van der Waals surface area contributed by atoms with E-state index in [1.807, 2.05) is 0 Å². The lowest BCUT2D eigenvalue weighted by Gasteiger charge is -2.18. The Bertz CT molecular complexity index is 893. The molecule has 0 spiro atoms. The quantitative estimate of drug-likeness (QED) is 0.0349. The molecule has 0 fully saturated rings. The van der Waals surface area contributed by atoms with Gasteiger partial charge in [0.05, 0.1) is 6.61 Å². The molecule has 0 radical (unpaired) electrons. The highest BCUT2D eigenvalue weighted by atomic mass is 16.6. The molecule has 5 nitrogen and oxygen atoms in total. The molecule has 5 heteroatoms. The van der Waals surface area contributed by atoms with E-state index in [-0.39, 0.29) is 25.2 Å². The SMILES string of the molecule is CCC/C=C\C/C=C\CCCCCCCC(=O)OCC(COCCCCCCCCCCCCCCCC)OC(=O)CCCCCCC/C=C\CCCCCC. The first-order chi connectivity index (χ1) is 27.6. The molecule has 0 rings (SSSR count). The number of rotatable bonds is 45. The zero-order chi connectivity index (χ0) is 40.7. The summed E-state index contributed by atoms with van der Waals surface area (Å²) in [5.41, 5.74) is 0. The molecular formula is C51H94O5. The van der Waals surface area contributed by atoms with Gasteiger partial charge in [-0.25, -0.2) is 0 Å². The fourth-order valence-corrected chi connectivity index (χ4v) is 6.95. The average molecular weight is 787 g/mol. The molecule has 1 unspecified atom stereocenters. The highest BCUT2D eigenvalue weighted by molar-refractivity contribution is 5.70.